The third-order valence-corrected chi connectivity index (χ3v) is 6.58. The summed E-state index contributed by atoms with van der Waals surface area (Å²) in [6, 6.07) is 9.96. The third-order valence-electron chi connectivity index (χ3n) is 5.46. The van der Waals surface area contributed by atoms with Crippen LogP contribution in [-0.4, -0.2) is 49.5 Å². The van der Waals surface area contributed by atoms with E-state index in [1.54, 1.807) is 26.0 Å². The molecule has 0 unspecified atom stereocenters. The highest BCUT2D eigenvalue weighted by molar-refractivity contribution is 7.92. The van der Waals surface area contributed by atoms with Gasteiger partial charge in [0, 0.05) is 12.1 Å². The second-order valence-electron chi connectivity index (χ2n) is 9.55. The molecule has 34 heavy (non-hydrogen) atoms. The molecule has 0 radical (unpaired) electrons. The van der Waals surface area contributed by atoms with Gasteiger partial charge in [-0.1, -0.05) is 24.3 Å². The van der Waals surface area contributed by atoms with Gasteiger partial charge in [0.1, 0.15) is 18.4 Å². The Morgan fingerprint density at radius 1 is 1.06 bits per heavy atom. The molecule has 1 atom stereocenters. The molecule has 0 aliphatic carbocycles. The lowest BCUT2D eigenvalue weighted by atomic mass is 10.1. The monoisotopic (exact) mass is 491 g/mol. The van der Waals surface area contributed by atoms with E-state index < -0.39 is 39.9 Å². The Hall–Kier alpha value is -2.94. The summed E-state index contributed by atoms with van der Waals surface area (Å²) in [4.78, 5) is 27.7. The summed E-state index contributed by atoms with van der Waals surface area (Å²) in [5.41, 5.74) is 2.13. The van der Waals surface area contributed by atoms with Crippen LogP contribution in [0.25, 0.3) is 0 Å². The van der Waals surface area contributed by atoms with Crippen molar-refractivity contribution in [2.45, 2.75) is 59.7 Å². The number of rotatable bonds is 8. The third kappa shape index (κ3) is 7.28. The Morgan fingerprint density at radius 3 is 2.18 bits per heavy atom. The van der Waals surface area contributed by atoms with Crippen LogP contribution in [0.5, 0.6) is 0 Å². The fourth-order valence-electron chi connectivity index (χ4n) is 3.44. The molecule has 2 aromatic carbocycles. The van der Waals surface area contributed by atoms with Crippen molar-refractivity contribution >= 4 is 27.5 Å². The zero-order valence-corrected chi connectivity index (χ0v) is 21.7. The van der Waals surface area contributed by atoms with E-state index in [1.807, 2.05) is 33.8 Å². The minimum Gasteiger partial charge on any atom is -0.350 e. The van der Waals surface area contributed by atoms with Crippen LogP contribution in [0.1, 0.15) is 44.4 Å². The first kappa shape index (κ1) is 27.3. The van der Waals surface area contributed by atoms with E-state index in [4.69, 9.17) is 0 Å². The minimum atomic E-state index is -3.80. The van der Waals surface area contributed by atoms with Crippen molar-refractivity contribution in [3.8, 4) is 0 Å². The second-order valence-corrected chi connectivity index (χ2v) is 11.5. The fraction of sp³-hybridized carbons (Fsp3) is 0.440. The van der Waals surface area contributed by atoms with Gasteiger partial charge in [-0.3, -0.25) is 13.9 Å². The number of aryl methyl sites for hydroxylation is 1. The number of carbonyl (C=O) groups excluding carboxylic acids is 2. The molecule has 0 saturated heterocycles. The van der Waals surface area contributed by atoms with Gasteiger partial charge in [0.15, 0.2) is 0 Å². The minimum absolute atomic E-state index is 0.0161. The number of sulfonamides is 1. The summed E-state index contributed by atoms with van der Waals surface area (Å²) in [5.74, 6) is -1.34. The van der Waals surface area contributed by atoms with Crippen LogP contribution in [0.15, 0.2) is 42.5 Å². The van der Waals surface area contributed by atoms with Gasteiger partial charge in [-0.25, -0.2) is 12.8 Å². The zero-order chi connectivity index (χ0) is 25.8. The van der Waals surface area contributed by atoms with Crippen LogP contribution in [0, 0.1) is 19.7 Å². The first-order chi connectivity index (χ1) is 15.6. The number of hydrogen-bond donors (Lipinski definition) is 1. The highest BCUT2D eigenvalue weighted by Gasteiger charge is 2.31. The van der Waals surface area contributed by atoms with E-state index in [2.05, 4.69) is 5.32 Å². The maximum Gasteiger partial charge on any atom is 0.244 e. The van der Waals surface area contributed by atoms with Gasteiger partial charge in [0.05, 0.1) is 11.9 Å². The summed E-state index contributed by atoms with van der Waals surface area (Å²) in [6.45, 7) is 10.3. The summed E-state index contributed by atoms with van der Waals surface area (Å²) < 4.78 is 39.8. The van der Waals surface area contributed by atoms with Crippen molar-refractivity contribution in [1.29, 1.82) is 0 Å². The zero-order valence-electron chi connectivity index (χ0n) is 20.8. The van der Waals surface area contributed by atoms with Crippen molar-refractivity contribution in [3.63, 3.8) is 0 Å². The maximum absolute atomic E-state index is 13.5. The van der Waals surface area contributed by atoms with Crippen LogP contribution >= 0.6 is 0 Å². The molecule has 1 N–H and O–H groups in total. The van der Waals surface area contributed by atoms with Crippen LogP contribution in [0.2, 0.25) is 0 Å². The highest BCUT2D eigenvalue weighted by Crippen LogP contribution is 2.25. The number of benzene rings is 2. The molecule has 7 nitrogen and oxygen atoms in total. The molecule has 2 rings (SSSR count). The Kier molecular flexibility index (Phi) is 8.47. The summed E-state index contributed by atoms with van der Waals surface area (Å²) in [7, 11) is -3.80. The molecule has 2 aromatic rings. The Morgan fingerprint density at radius 2 is 1.65 bits per heavy atom. The van der Waals surface area contributed by atoms with Crippen molar-refractivity contribution in [2.24, 2.45) is 0 Å². The van der Waals surface area contributed by atoms with Gasteiger partial charge in [0.2, 0.25) is 21.8 Å². The van der Waals surface area contributed by atoms with Gasteiger partial charge in [-0.2, -0.15) is 0 Å². The van der Waals surface area contributed by atoms with Gasteiger partial charge < -0.3 is 10.2 Å². The molecule has 0 spiro atoms. The standard InChI is InChI=1S/C25H34FN3O4S/c1-17-9-8-10-22(18(17)2)29(34(7,32)33)16-23(30)28(15-20-11-13-21(26)14-12-20)19(3)24(31)27-25(4,5)6/h8-14,19H,15-16H2,1-7H3,(H,27,31)/t19-/m1/s1. The molecule has 0 aliphatic heterocycles. The number of nitrogens with one attached hydrogen (secondary N) is 1. The van der Waals surface area contributed by atoms with E-state index in [0.29, 0.717) is 11.3 Å². The van der Waals surface area contributed by atoms with Crippen molar-refractivity contribution in [1.82, 2.24) is 10.2 Å². The molecule has 9 heteroatoms. The molecular formula is C25H34FN3O4S. The molecule has 0 saturated carbocycles. The number of nitrogens with zero attached hydrogens (tertiary/aromatic N) is 2. The molecule has 186 valence electrons. The summed E-state index contributed by atoms with van der Waals surface area (Å²) in [6.07, 6.45) is 1.04. The van der Waals surface area contributed by atoms with E-state index in [1.165, 1.54) is 29.2 Å². The van der Waals surface area contributed by atoms with Crippen LogP contribution in [0.4, 0.5) is 10.1 Å². The van der Waals surface area contributed by atoms with Gasteiger partial charge >= 0.3 is 0 Å². The van der Waals surface area contributed by atoms with Gasteiger partial charge in [0.25, 0.3) is 0 Å². The fourth-order valence-corrected chi connectivity index (χ4v) is 4.34. The van der Waals surface area contributed by atoms with E-state index in [0.717, 1.165) is 21.7 Å². The average molecular weight is 492 g/mol. The Bertz CT molecular complexity index is 1140. The number of hydrogen-bond acceptors (Lipinski definition) is 4. The largest absolute Gasteiger partial charge is 0.350 e. The molecule has 0 aromatic heterocycles. The van der Waals surface area contributed by atoms with E-state index in [-0.39, 0.29) is 12.5 Å². The van der Waals surface area contributed by atoms with Crippen LogP contribution < -0.4 is 9.62 Å². The van der Waals surface area contributed by atoms with Crippen molar-refractivity contribution < 1.29 is 22.4 Å². The SMILES string of the molecule is Cc1cccc(N(CC(=O)N(Cc2ccc(F)cc2)[C@H](C)C(=O)NC(C)(C)C)S(C)(=O)=O)c1C. The van der Waals surface area contributed by atoms with E-state index in [9.17, 15) is 22.4 Å². The number of halogens is 1. The topological polar surface area (TPSA) is 86.8 Å². The number of amides is 2. The van der Waals surface area contributed by atoms with Gasteiger partial charge in [-0.15, -0.1) is 0 Å². The van der Waals surface area contributed by atoms with Crippen molar-refractivity contribution in [3.05, 3.63) is 65.0 Å². The number of carbonyl (C=O) groups is 2. The molecule has 0 aliphatic rings. The normalized spacial score (nSPS) is 12.7. The number of anilines is 1. The summed E-state index contributed by atoms with van der Waals surface area (Å²) in [5, 5.41) is 2.86. The Balaban J connectivity index is 2.44. The second kappa shape index (κ2) is 10.5. The quantitative estimate of drug-likeness (QED) is 0.612. The molecular weight excluding hydrogens is 457 g/mol. The molecule has 0 bridgehead atoms. The van der Waals surface area contributed by atoms with Crippen LogP contribution in [0.3, 0.4) is 0 Å². The molecule has 2 amide bonds. The highest BCUT2D eigenvalue weighted by atomic mass is 32.2. The van der Waals surface area contributed by atoms with Gasteiger partial charge in [-0.05, 0) is 76.4 Å². The first-order valence-electron chi connectivity index (χ1n) is 11.0. The predicted octanol–water partition coefficient (Wildman–Crippen LogP) is 3.54. The predicted molar refractivity (Wildman–Crippen MR) is 132 cm³/mol. The lowest BCUT2D eigenvalue weighted by molar-refractivity contribution is -0.140. The molecule has 0 fully saturated rings. The average Bonchev–Trinajstić information content (AvgIpc) is 2.71. The Labute approximate surface area is 202 Å². The smallest absolute Gasteiger partial charge is 0.244 e. The van der Waals surface area contributed by atoms with E-state index >= 15 is 0 Å². The van der Waals surface area contributed by atoms with Crippen molar-refractivity contribution in [2.75, 3.05) is 17.1 Å². The first-order valence-corrected chi connectivity index (χ1v) is 12.8. The molecule has 0 heterocycles. The van der Waals surface area contributed by atoms with Crippen LogP contribution in [-0.2, 0) is 26.2 Å². The summed E-state index contributed by atoms with van der Waals surface area (Å²) >= 11 is 0. The lowest BCUT2D eigenvalue weighted by Gasteiger charge is -2.33. The lowest BCUT2D eigenvalue weighted by Crippen LogP contribution is -2.54. The maximum atomic E-state index is 13.5.